The van der Waals surface area contributed by atoms with E-state index in [0.717, 1.165) is 16.6 Å². The molecule has 1 amide bonds. The molecule has 0 aliphatic rings. The number of anilines is 1. The number of aryl methyl sites for hydroxylation is 1. The van der Waals surface area contributed by atoms with Crippen LogP contribution in [0.15, 0.2) is 48.5 Å². The zero-order chi connectivity index (χ0) is 19.2. The number of rotatable bonds is 7. The van der Waals surface area contributed by atoms with E-state index in [0.29, 0.717) is 17.0 Å². The maximum atomic E-state index is 11.9. The zero-order valence-corrected chi connectivity index (χ0v) is 14.9. The van der Waals surface area contributed by atoms with E-state index < -0.39 is 5.97 Å². The molecule has 2 N–H and O–H groups in total. The van der Waals surface area contributed by atoms with Gasteiger partial charge in [0.05, 0.1) is 11.0 Å². The van der Waals surface area contributed by atoms with Crippen LogP contribution in [-0.2, 0) is 9.59 Å². The van der Waals surface area contributed by atoms with Crippen molar-refractivity contribution in [1.82, 2.24) is 15.4 Å². The SMILES string of the molecule is Cc1ccc(-c2nc3ccccc3nc2NNC(=O)CCCC(=O)[O-])cc1. The molecule has 0 radical (unpaired) electrons. The number of carbonyl (C=O) groups is 2. The second-order valence-electron chi connectivity index (χ2n) is 6.17. The predicted molar refractivity (Wildman–Crippen MR) is 100 cm³/mol. The Morgan fingerprint density at radius 1 is 0.963 bits per heavy atom. The standard InChI is InChI=1S/C20H20N4O3/c1-13-9-11-14(12-10-13)19-20(22-16-6-3-2-5-15(16)21-19)24-23-17(25)7-4-8-18(26)27/h2-3,5-6,9-12H,4,7-8H2,1H3,(H,22,24)(H,23,25)(H,26,27)/p-1. The fourth-order valence-corrected chi connectivity index (χ4v) is 2.58. The van der Waals surface area contributed by atoms with Gasteiger partial charge in [-0.25, -0.2) is 9.97 Å². The number of hydrazine groups is 1. The molecule has 0 bridgehead atoms. The highest BCUT2D eigenvalue weighted by molar-refractivity contribution is 5.84. The summed E-state index contributed by atoms with van der Waals surface area (Å²) in [7, 11) is 0. The number of carboxylic acid groups (broad SMARTS) is 1. The summed E-state index contributed by atoms with van der Waals surface area (Å²) in [6.07, 6.45) is 0.129. The molecule has 0 aliphatic carbocycles. The Morgan fingerprint density at radius 2 is 1.63 bits per heavy atom. The molecule has 0 atom stereocenters. The monoisotopic (exact) mass is 363 g/mol. The van der Waals surface area contributed by atoms with Gasteiger partial charge in [0.15, 0.2) is 5.82 Å². The van der Waals surface area contributed by atoms with E-state index >= 15 is 0 Å². The lowest BCUT2D eigenvalue weighted by molar-refractivity contribution is -0.305. The number of benzene rings is 2. The molecular weight excluding hydrogens is 344 g/mol. The Bertz CT molecular complexity index is 971. The van der Waals surface area contributed by atoms with Crippen LogP contribution in [0.1, 0.15) is 24.8 Å². The largest absolute Gasteiger partial charge is 0.550 e. The average Bonchev–Trinajstić information content (AvgIpc) is 2.66. The van der Waals surface area contributed by atoms with Crippen LogP contribution in [0.3, 0.4) is 0 Å². The highest BCUT2D eigenvalue weighted by atomic mass is 16.4. The van der Waals surface area contributed by atoms with Gasteiger partial charge in [-0.3, -0.25) is 15.6 Å². The Labute approximate surface area is 156 Å². The average molecular weight is 363 g/mol. The smallest absolute Gasteiger partial charge is 0.238 e. The van der Waals surface area contributed by atoms with Crippen molar-refractivity contribution in [2.45, 2.75) is 26.2 Å². The molecule has 27 heavy (non-hydrogen) atoms. The molecule has 138 valence electrons. The molecule has 0 spiro atoms. The van der Waals surface area contributed by atoms with Crippen LogP contribution in [0.2, 0.25) is 0 Å². The van der Waals surface area contributed by atoms with Gasteiger partial charge in [-0.2, -0.15) is 0 Å². The molecule has 2 aromatic carbocycles. The van der Waals surface area contributed by atoms with E-state index in [1.54, 1.807) is 0 Å². The summed E-state index contributed by atoms with van der Waals surface area (Å²) in [5.74, 6) is -1.08. The van der Waals surface area contributed by atoms with Gasteiger partial charge in [0, 0.05) is 18.0 Å². The van der Waals surface area contributed by atoms with E-state index in [1.165, 1.54) is 0 Å². The molecule has 3 rings (SSSR count). The molecule has 3 aromatic rings. The van der Waals surface area contributed by atoms with Crippen LogP contribution in [0.25, 0.3) is 22.3 Å². The molecule has 7 heteroatoms. The lowest BCUT2D eigenvalue weighted by Crippen LogP contribution is -2.30. The maximum Gasteiger partial charge on any atom is 0.238 e. The van der Waals surface area contributed by atoms with E-state index in [2.05, 4.69) is 20.8 Å². The predicted octanol–water partition coefficient (Wildman–Crippen LogP) is 1.97. The van der Waals surface area contributed by atoms with Crippen molar-refractivity contribution in [2.75, 3.05) is 5.43 Å². The number of hydrogen-bond acceptors (Lipinski definition) is 6. The highest BCUT2D eigenvalue weighted by Crippen LogP contribution is 2.26. The van der Waals surface area contributed by atoms with Gasteiger partial charge in [0.2, 0.25) is 5.91 Å². The van der Waals surface area contributed by atoms with E-state index in [9.17, 15) is 14.7 Å². The van der Waals surface area contributed by atoms with Crippen LogP contribution in [0.5, 0.6) is 0 Å². The van der Waals surface area contributed by atoms with E-state index in [1.807, 2.05) is 55.5 Å². The summed E-state index contributed by atoms with van der Waals surface area (Å²) < 4.78 is 0. The minimum absolute atomic E-state index is 0.0713. The number of aromatic nitrogens is 2. The number of hydrogen-bond donors (Lipinski definition) is 2. The van der Waals surface area contributed by atoms with Gasteiger partial charge in [0.25, 0.3) is 0 Å². The van der Waals surface area contributed by atoms with Gasteiger partial charge in [-0.1, -0.05) is 42.0 Å². The third-order valence-corrected chi connectivity index (χ3v) is 4.00. The van der Waals surface area contributed by atoms with Crippen molar-refractivity contribution in [1.29, 1.82) is 0 Å². The molecular formula is C20H19N4O3-. The number of aliphatic carboxylic acids is 1. The Kier molecular flexibility index (Phi) is 5.61. The lowest BCUT2D eigenvalue weighted by atomic mass is 10.1. The summed E-state index contributed by atoms with van der Waals surface area (Å²) in [6, 6.07) is 15.3. The van der Waals surface area contributed by atoms with Crippen LogP contribution >= 0.6 is 0 Å². The first kappa shape index (κ1) is 18.3. The topological polar surface area (TPSA) is 107 Å². The summed E-state index contributed by atoms with van der Waals surface area (Å²) in [6.45, 7) is 2.00. The second kappa shape index (κ2) is 8.27. The number of nitrogens with zero attached hydrogens (tertiary/aromatic N) is 2. The van der Waals surface area contributed by atoms with Crippen molar-refractivity contribution in [2.24, 2.45) is 0 Å². The second-order valence-corrected chi connectivity index (χ2v) is 6.17. The van der Waals surface area contributed by atoms with Crippen LogP contribution in [0.4, 0.5) is 5.82 Å². The number of amides is 1. The highest BCUT2D eigenvalue weighted by Gasteiger charge is 2.12. The summed E-state index contributed by atoms with van der Waals surface area (Å²) in [5.41, 5.74) is 9.43. The zero-order valence-electron chi connectivity index (χ0n) is 14.9. The molecule has 1 aromatic heterocycles. The summed E-state index contributed by atoms with van der Waals surface area (Å²) in [4.78, 5) is 31.6. The number of carboxylic acids is 1. The first-order chi connectivity index (χ1) is 13.0. The fourth-order valence-electron chi connectivity index (χ4n) is 2.58. The molecule has 0 saturated carbocycles. The first-order valence-electron chi connectivity index (χ1n) is 8.61. The third kappa shape index (κ3) is 4.78. The van der Waals surface area contributed by atoms with Crippen LogP contribution in [-0.4, -0.2) is 21.8 Å². The summed E-state index contributed by atoms with van der Waals surface area (Å²) in [5, 5.41) is 10.4. The molecule has 0 aliphatic heterocycles. The maximum absolute atomic E-state index is 11.9. The van der Waals surface area contributed by atoms with Crippen LogP contribution < -0.4 is 16.0 Å². The van der Waals surface area contributed by atoms with Crippen molar-refractivity contribution in [3.05, 3.63) is 54.1 Å². The van der Waals surface area contributed by atoms with Gasteiger partial charge in [-0.15, -0.1) is 0 Å². The van der Waals surface area contributed by atoms with Gasteiger partial charge < -0.3 is 9.90 Å². The third-order valence-electron chi connectivity index (χ3n) is 4.00. The molecule has 0 saturated heterocycles. The Morgan fingerprint density at radius 3 is 2.30 bits per heavy atom. The lowest BCUT2D eigenvalue weighted by Gasteiger charge is -2.13. The molecule has 1 heterocycles. The van der Waals surface area contributed by atoms with Crippen molar-refractivity contribution < 1.29 is 14.7 Å². The van der Waals surface area contributed by atoms with E-state index in [-0.39, 0.29) is 25.2 Å². The molecule has 0 fully saturated rings. The first-order valence-corrected chi connectivity index (χ1v) is 8.61. The van der Waals surface area contributed by atoms with Crippen LogP contribution in [0, 0.1) is 6.92 Å². The van der Waals surface area contributed by atoms with Crippen molar-refractivity contribution in [3.8, 4) is 11.3 Å². The quantitative estimate of drug-likeness (QED) is 0.622. The van der Waals surface area contributed by atoms with Gasteiger partial charge in [-0.05, 0) is 31.9 Å². The molecule has 0 unspecified atom stereocenters. The van der Waals surface area contributed by atoms with Crippen molar-refractivity contribution >= 4 is 28.7 Å². The number of nitrogens with one attached hydrogen (secondary N) is 2. The van der Waals surface area contributed by atoms with Crippen molar-refractivity contribution in [3.63, 3.8) is 0 Å². The number of fused-ring (bicyclic) bond motifs is 1. The Balaban J connectivity index is 1.84. The van der Waals surface area contributed by atoms with E-state index in [4.69, 9.17) is 0 Å². The van der Waals surface area contributed by atoms with Gasteiger partial charge >= 0.3 is 0 Å². The number of para-hydroxylation sites is 2. The minimum Gasteiger partial charge on any atom is -0.550 e. The Hall–Kier alpha value is -3.48. The van der Waals surface area contributed by atoms with Gasteiger partial charge in [0.1, 0.15) is 5.69 Å². The minimum atomic E-state index is -1.17. The fraction of sp³-hybridized carbons (Fsp3) is 0.200. The summed E-state index contributed by atoms with van der Waals surface area (Å²) >= 11 is 0. The number of carbonyl (C=O) groups excluding carboxylic acids is 2. The normalized spacial score (nSPS) is 10.6. The molecule has 7 nitrogen and oxygen atoms in total.